The van der Waals surface area contributed by atoms with Gasteiger partial charge in [0.2, 0.25) is 0 Å². The fourth-order valence-electron chi connectivity index (χ4n) is 1.81. The van der Waals surface area contributed by atoms with Gasteiger partial charge in [-0.2, -0.15) is 0 Å². The molecule has 0 aliphatic carbocycles. The van der Waals surface area contributed by atoms with Gasteiger partial charge >= 0.3 is 5.97 Å². The van der Waals surface area contributed by atoms with Gasteiger partial charge in [-0.05, 0) is 22.0 Å². The lowest BCUT2D eigenvalue weighted by molar-refractivity contribution is 0.0455. The van der Waals surface area contributed by atoms with Gasteiger partial charge in [-0.25, -0.2) is 4.79 Å². The number of piperazine rings is 1. The summed E-state index contributed by atoms with van der Waals surface area (Å²) in [5.41, 5.74) is 0.477. The van der Waals surface area contributed by atoms with Crippen LogP contribution in [0.4, 0.5) is 0 Å². The Kier molecular flexibility index (Phi) is 5.10. The highest BCUT2D eigenvalue weighted by Crippen LogP contribution is 2.10. The van der Waals surface area contributed by atoms with Crippen molar-refractivity contribution in [2.24, 2.45) is 0 Å². The second-order valence-electron chi connectivity index (χ2n) is 4.12. The second kappa shape index (κ2) is 6.82. The largest absolute Gasteiger partial charge is 0.461 e. The fourth-order valence-corrected chi connectivity index (χ4v) is 2.17. The molecule has 0 spiro atoms. The summed E-state index contributed by atoms with van der Waals surface area (Å²) in [5.74, 6) is -0.320. The lowest BCUT2D eigenvalue weighted by atomic mass is 10.3. The van der Waals surface area contributed by atoms with E-state index in [-0.39, 0.29) is 5.97 Å². The smallest absolute Gasteiger partial charge is 0.339 e. The quantitative estimate of drug-likeness (QED) is 0.837. The number of pyridine rings is 1. The fraction of sp³-hybridized carbons (Fsp3) is 0.500. The van der Waals surface area contributed by atoms with Crippen LogP contribution in [0, 0.1) is 0 Å². The number of hydrogen-bond donors (Lipinski definition) is 1. The zero-order chi connectivity index (χ0) is 12.8. The average molecular weight is 314 g/mol. The van der Waals surface area contributed by atoms with Gasteiger partial charge in [0.1, 0.15) is 6.61 Å². The first kappa shape index (κ1) is 13.5. The molecule has 2 heterocycles. The average Bonchev–Trinajstić information content (AvgIpc) is 2.40. The number of hydrogen-bond acceptors (Lipinski definition) is 5. The summed E-state index contributed by atoms with van der Waals surface area (Å²) >= 11 is 3.28. The van der Waals surface area contributed by atoms with Crippen LogP contribution in [0.1, 0.15) is 10.4 Å². The van der Waals surface area contributed by atoms with E-state index in [1.165, 1.54) is 6.20 Å². The van der Waals surface area contributed by atoms with E-state index in [0.717, 1.165) is 37.2 Å². The second-order valence-corrected chi connectivity index (χ2v) is 5.04. The number of ether oxygens (including phenoxy) is 1. The third kappa shape index (κ3) is 4.04. The van der Waals surface area contributed by atoms with E-state index >= 15 is 0 Å². The molecule has 98 valence electrons. The SMILES string of the molecule is O=C(OCCN1CCNCC1)c1cncc(Br)c1. The summed E-state index contributed by atoms with van der Waals surface area (Å²) in [6, 6.07) is 1.71. The van der Waals surface area contributed by atoms with Crippen molar-refractivity contribution in [1.82, 2.24) is 15.2 Å². The van der Waals surface area contributed by atoms with Crippen LogP contribution >= 0.6 is 15.9 Å². The molecule has 1 aliphatic rings. The maximum Gasteiger partial charge on any atom is 0.339 e. The number of carbonyl (C=O) groups excluding carboxylic acids is 1. The zero-order valence-corrected chi connectivity index (χ0v) is 11.6. The topological polar surface area (TPSA) is 54.5 Å². The van der Waals surface area contributed by atoms with Crippen molar-refractivity contribution in [3.05, 3.63) is 28.5 Å². The van der Waals surface area contributed by atoms with Crippen molar-refractivity contribution in [3.8, 4) is 0 Å². The minimum atomic E-state index is -0.320. The molecule has 0 amide bonds. The molecule has 0 aromatic carbocycles. The summed E-state index contributed by atoms with van der Waals surface area (Å²) in [6.45, 7) is 5.24. The van der Waals surface area contributed by atoms with E-state index in [1.807, 2.05) is 0 Å². The maximum atomic E-state index is 11.7. The van der Waals surface area contributed by atoms with Crippen molar-refractivity contribution < 1.29 is 9.53 Å². The number of nitrogens with zero attached hydrogens (tertiary/aromatic N) is 2. The van der Waals surface area contributed by atoms with Crippen LogP contribution in [0.2, 0.25) is 0 Å². The van der Waals surface area contributed by atoms with Crippen LogP contribution in [-0.2, 0) is 4.74 Å². The highest BCUT2D eigenvalue weighted by molar-refractivity contribution is 9.10. The Hall–Kier alpha value is -0.980. The predicted octanol–water partition coefficient (Wildman–Crippen LogP) is 0.906. The van der Waals surface area contributed by atoms with Gasteiger partial charge in [-0.15, -0.1) is 0 Å². The number of aromatic nitrogens is 1. The Balaban J connectivity index is 1.74. The van der Waals surface area contributed by atoms with Crippen LogP contribution < -0.4 is 5.32 Å². The maximum absolute atomic E-state index is 11.7. The molecule has 0 bridgehead atoms. The van der Waals surface area contributed by atoms with Gasteiger partial charge in [0.25, 0.3) is 0 Å². The van der Waals surface area contributed by atoms with E-state index in [9.17, 15) is 4.79 Å². The van der Waals surface area contributed by atoms with Gasteiger partial charge in [0.05, 0.1) is 5.56 Å². The molecule has 6 heteroatoms. The van der Waals surface area contributed by atoms with E-state index in [2.05, 4.69) is 31.1 Å². The van der Waals surface area contributed by atoms with Crippen LogP contribution in [0.3, 0.4) is 0 Å². The van der Waals surface area contributed by atoms with Crippen molar-refractivity contribution >= 4 is 21.9 Å². The van der Waals surface area contributed by atoms with Crippen LogP contribution in [-0.4, -0.2) is 55.2 Å². The number of carbonyl (C=O) groups is 1. The van der Waals surface area contributed by atoms with Crippen LogP contribution in [0.15, 0.2) is 22.9 Å². The summed E-state index contributed by atoms with van der Waals surface area (Å²) in [4.78, 5) is 17.9. The Bertz CT molecular complexity index is 408. The molecule has 5 nitrogen and oxygen atoms in total. The molecule has 0 atom stereocenters. The molecule has 1 aromatic heterocycles. The van der Waals surface area contributed by atoms with E-state index in [1.54, 1.807) is 12.3 Å². The van der Waals surface area contributed by atoms with Gasteiger partial charge in [0.15, 0.2) is 0 Å². The van der Waals surface area contributed by atoms with Gasteiger partial charge in [-0.3, -0.25) is 9.88 Å². The molecule has 1 saturated heterocycles. The van der Waals surface area contributed by atoms with E-state index < -0.39 is 0 Å². The third-order valence-corrected chi connectivity index (χ3v) is 3.22. The van der Waals surface area contributed by atoms with Gasteiger partial charge < -0.3 is 10.1 Å². The van der Waals surface area contributed by atoms with Crippen LogP contribution in [0.5, 0.6) is 0 Å². The molecule has 1 aliphatic heterocycles. The lowest BCUT2D eigenvalue weighted by Crippen LogP contribution is -2.44. The minimum Gasteiger partial charge on any atom is -0.461 e. The Labute approximate surface area is 115 Å². The molecule has 18 heavy (non-hydrogen) atoms. The van der Waals surface area contributed by atoms with Crippen molar-refractivity contribution in [3.63, 3.8) is 0 Å². The molecule has 0 radical (unpaired) electrons. The van der Waals surface area contributed by atoms with Gasteiger partial charge in [0, 0.05) is 49.6 Å². The summed E-state index contributed by atoms with van der Waals surface area (Å²) in [7, 11) is 0. The first-order chi connectivity index (χ1) is 8.75. The summed E-state index contributed by atoms with van der Waals surface area (Å²) in [6.07, 6.45) is 3.15. The minimum absolute atomic E-state index is 0.320. The number of esters is 1. The molecular formula is C12H16BrN3O2. The van der Waals surface area contributed by atoms with Crippen LogP contribution in [0.25, 0.3) is 0 Å². The van der Waals surface area contributed by atoms with Crippen molar-refractivity contribution in [2.75, 3.05) is 39.3 Å². The molecule has 1 fully saturated rings. The summed E-state index contributed by atoms with van der Waals surface area (Å²) in [5, 5.41) is 3.28. The first-order valence-electron chi connectivity index (χ1n) is 5.96. The van der Waals surface area contributed by atoms with E-state index in [4.69, 9.17) is 4.74 Å². The molecule has 1 aromatic rings. The number of halogens is 1. The molecule has 1 N–H and O–H groups in total. The van der Waals surface area contributed by atoms with E-state index in [0.29, 0.717) is 12.2 Å². The highest BCUT2D eigenvalue weighted by Gasteiger charge is 2.11. The predicted molar refractivity (Wildman–Crippen MR) is 71.5 cm³/mol. The molecular weight excluding hydrogens is 298 g/mol. The normalized spacial score (nSPS) is 16.5. The number of nitrogens with one attached hydrogen (secondary N) is 1. The summed E-state index contributed by atoms with van der Waals surface area (Å²) < 4.78 is 6.00. The van der Waals surface area contributed by atoms with Crippen molar-refractivity contribution in [2.45, 2.75) is 0 Å². The molecule has 0 saturated carbocycles. The molecule has 2 rings (SSSR count). The monoisotopic (exact) mass is 313 g/mol. The zero-order valence-electron chi connectivity index (χ0n) is 10.1. The Morgan fingerprint density at radius 3 is 2.94 bits per heavy atom. The highest BCUT2D eigenvalue weighted by atomic mass is 79.9. The van der Waals surface area contributed by atoms with Crippen molar-refractivity contribution in [1.29, 1.82) is 0 Å². The Morgan fingerprint density at radius 2 is 2.22 bits per heavy atom. The lowest BCUT2D eigenvalue weighted by Gasteiger charge is -2.26. The number of rotatable bonds is 4. The standard InChI is InChI=1S/C12H16BrN3O2/c13-11-7-10(8-15-9-11)12(17)18-6-5-16-3-1-14-2-4-16/h7-9,14H,1-6H2. The molecule has 0 unspecified atom stereocenters. The Morgan fingerprint density at radius 1 is 1.44 bits per heavy atom. The third-order valence-electron chi connectivity index (χ3n) is 2.79. The first-order valence-corrected chi connectivity index (χ1v) is 6.76. The van der Waals surface area contributed by atoms with Gasteiger partial charge in [-0.1, -0.05) is 0 Å².